The Labute approximate surface area is 129 Å². The fraction of sp³-hybridized carbons (Fsp3) is 0.933. The van der Waals surface area contributed by atoms with Crippen LogP contribution in [0.1, 0.15) is 39.0 Å². The Balaban J connectivity index is 1.78. The maximum atomic E-state index is 12.5. The van der Waals surface area contributed by atoms with Gasteiger partial charge in [-0.3, -0.25) is 9.69 Å². The lowest BCUT2D eigenvalue weighted by atomic mass is 9.91. The van der Waals surface area contributed by atoms with E-state index in [1.807, 2.05) is 16.7 Å². The monoisotopic (exact) mass is 322 g/mol. The van der Waals surface area contributed by atoms with Crippen LogP contribution >= 0.6 is 0 Å². The summed E-state index contributed by atoms with van der Waals surface area (Å²) in [6.45, 7) is 3.98. The molecule has 4 nitrogen and oxygen atoms in total. The Bertz CT molecular complexity index is 381. The van der Waals surface area contributed by atoms with Gasteiger partial charge in [-0.2, -0.15) is 13.2 Å². The molecule has 0 aromatic rings. The summed E-state index contributed by atoms with van der Waals surface area (Å²) in [5.41, 5.74) is 0. The minimum Gasteiger partial charge on any atom is -0.383 e. The highest BCUT2D eigenvalue weighted by molar-refractivity contribution is 5.78. The minimum absolute atomic E-state index is 0.0713. The van der Waals surface area contributed by atoms with E-state index in [1.165, 1.54) is 0 Å². The summed E-state index contributed by atoms with van der Waals surface area (Å²) in [4.78, 5) is 16.1. The third kappa shape index (κ3) is 4.35. The zero-order valence-electron chi connectivity index (χ0n) is 13.0. The standard InChI is InChI=1S/C15H25F3N2O2/c1-11-4-2-3-7-20(11)13(21)10-19-8-5-12(6-9-19)14(22)15(16,17)18/h11-12,14,22H,2-10H2,1H3. The molecule has 2 heterocycles. The number of aliphatic hydroxyl groups is 1. The zero-order chi connectivity index (χ0) is 16.3. The molecule has 2 aliphatic heterocycles. The van der Waals surface area contributed by atoms with Crippen molar-refractivity contribution >= 4 is 5.91 Å². The summed E-state index contributed by atoms with van der Waals surface area (Å²) in [7, 11) is 0. The van der Waals surface area contributed by atoms with Crippen molar-refractivity contribution in [3.05, 3.63) is 0 Å². The molecule has 1 N–H and O–H groups in total. The lowest BCUT2D eigenvalue weighted by Gasteiger charge is -2.38. The SMILES string of the molecule is CC1CCCCN1C(=O)CN1CCC(C(O)C(F)(F)F)CC1. The first kappa shape index (κ1) is 17.5. The molecule has 2 aliphatic rings. The molecular weight excluding hydrogens is 297 g/mol. The molecule has 2 rings (SSSR count). The summed E-state index contributed by atoms with van der Waals surface area (Å²) < 4.78 is 37.5. The number of likely N-dealkylation sites (tertiary alicyclic amines) is 2. The van der Waals surface area contributed by atoms with Crippen LogP contribution in [0.3, 0.4) is 0 Å². The molecule has 2 unspecified atom stereocenters. The van der Waals surface area contributed by atoms with Crippen molar-refractivity contribution in [2.45, 2.75) is 57.3 Å². The average Bonchev–Trinajstić information content (AvgIpc) is 2.46. The molecule has 0 aromatic carbocycles. The Kier molecular flexibility index (Phi) is 5.71. The van der Waals surface area contributed by atoms with Crippen molar-refractivity contribution in [2.75, 3.05) is 26.2 Å². The van der Waals surface area contributed by atoms with Crippen LogP contribution in [0, 0.1) is 5.92 Å². The smallest absolute Gasteiger partial charge is 0.383 e. The van der Waals surface area contributed by atoms with E-state index in [4.69, 9.17) is 0 Å². The van der Waals surface area contributed by atoms with E-state index in [-0.39, 0.29) is 31.3 Å². The molecule has 1 amide bonds. The molecule has 2 saturated heterocycles. The number of hydrogen-bond donors (Lipinski definition) is 1. The first-order valence-corrected chi connectivity index (χ1v) is 8.05. The Hall–Kier alpha value is -0.820. The van der Waals surface area contributed by atoms with Gasteiger partial charge in [0.2, 0.25) is 5.91 Å². The molecule has 0 spiro atoms. The van der Waals surface area contributed by atoms with E-state index in [2.05, 4.69) is 0 Å². The number of amides is 1. The van der Waals surface area contributed by atoms with Gasteiger partial charge in [-0.05, 0) is 58.0 Å². The largest absolute Gasteiger partial charge is 0.414 e. The highest BCUT2D eigenvalue weighted by Crippen LogP contribution is 2.31. The highest BCUT2D eigenvalue weighted by Gasteiger charge is 2.44. The van der Waals surface area contributed by atoms with Crippen molar-refractivity contribution < 1.29 is 23.1 Å². The summed E-state index contributed by atoms with van der Waals surface area (Å²) in [5, 5.41) is 9.30. The molecule has 2 atom stereocenters. The second-order valence-electron chi connectivity index (χ2n) is 6.53. The van der Waals surface area contributed by atoms with Gasteiger partial charge in [0.05, 0.1) is 6.54 Å². The maximum absolute atomic E-state index is 12.5. The van der Waals surface area contributed by atoms with Gasteiger partial charge < -0.3 is 10.0 Å². The van der Waals surface area contributed by atoms with Gasteiger partial charge in [0.15, 0.2) is 6.10 Å². The summed E-state index contributed by atoms with van der Waals surface area (Å²) >= 11 is 0. The van der Waals surface area contributed by atoms with E-state index >= 15 is 0 Å². The fourth-order valence-electron chi connectivity index (χ4n) is 3.44. The highest BCUT2D eigenvalue weighted by atomic mass is 19.4. The van der Waals surface area contributed by atoms with Crippen LogP contribution in [0.2, 0.25) is 0 Å². The zero-order valence-corrected chi connectivity index (χ0v) is 13.0. The first-order valence-electron chi connectivity index (χ1n) is 8.05. The predicted octanol–water partition coefficient (Wildman–Crippen LogP) is 2.02. The molecule has 0 aliphatic carbocycles. The molecule has 0 aromatic heterocycles. The van der Waals surface area contributed by atoms with Crippen molar-refractivity contribution in [3.8, 4) is 0 Å². The lowest BCUT2D eigenvalue weighted by molar-refractivity contribution is -0.223. The van der Waals surface area contributed by atoms with Gasteiger partial charge in [-0.25, -0.2) is 0 Å². The Morgan fingerprint density at radius 2 is 1.82 bits per heavy atom. The third-order valence-electron chi connectivity index (χ3n) is 4.90. The van der Waals surface area contributed by atoms with Gasteiger partial charge in [-0.15, -0.1) is 0 Å². The number of carbonyl (C=O) groups excluding carboxylic acids is 1. The molecule has 0 radical (unpaired) electrons. The van der Waals surface area contributed by atoms with Gasteiger partial charge in [0.25, 0.3) is 0 Å². The van der Waals surface area contributed by atoms with Crippen molar-refractivity contribution in [1.29, 1.82) is 0 Å². The normalized spacial score (nSPS) is 27.0. The van der Waals surface area contributed by atoms with E-state index in [0.717, 1.165) is 25.8 Å². The van der Waals surface area contributed by atoms with Gasteiger partial charge in [0.1, 0.15) is 0 Å². The van der Waals surface area contributed by atoms with Gasteiger partial charge >= 0.3 is 6.18 Å². The summed E-state index contributed by atoms with van der Waals surface area (Å²) in [5.74, 6) is -0.678. The van der Waals surface area contributed by atoms with Crippen LogP contribution < -0.4 is 0 Å². The van der Waals surface area contributed by atoms with Crippen LogP contribution in [0.5, 0.6) is 0 Å². The molecule has 0 bridgehead atoms. The number of hydrogen-bond acceptors (Lipinski definition) is 3. The van der Waals surface area contributed by atoms with E-state index in [9.17, 15) is 23.1 Å². The molecule has 22 heavy (non-hydrogen) atoms. The second kappa shape index (κ2) is 7.17. The molecular formula is C15H25F3N2O2. The van der Waals surface area contributed by atoms with Crippen molar-refractivity contribution in [2.24, 2.45) is 5.92 Å². The number of alkyl halides is 3. The van der Waals surface area contributed by atoms with Gasteiger partial charge in [0, 0.05) is 12.6 Å². The number of rotatable bonds is 3. The number of aliphatic hydroxyl groups excluding tert-OH is 1. The van der Waals surface area contributed by atoms with Crippen LogP contribution in [0.15, 0.2) is 0 Å². The number of piperidine rings is 2. The van der Waals surface area contributed by atoms with Crippen LogP contribution in [0.4, 0.5) is 13.2 Å². The number of nitrogens with zero attached hydrogens (tertiary/aromatic N) is 2. The topological polar surface area (TPSA) is 43.8 Å². The quantitative estimate of drug-likeness (QED) is 0.864. The molecule has 7 heteroatoms. The Morgan fingerprint density at radius 3 is 2.36 bits per heavy atom. The maximum Gasteiger partial charge on any atom is 0.414 e. The fourth-order valence-corrected chi connectivity index (χ4v) is 3.44. The van der Waals surface area contributed by atoms with Crippen LogP contribution in [0.25, 0.3) is 0 Å². The number of halogens is 3. The number of carbonyl (C=O) groups is 1. The second-order valence-corrected chi connectivity index (χ2v) is 6.53. The van der Waals surface area contributed by atoms with Gasteiger partial charge in [-0.1, -0.05) is 0 Å². The minimum atomic E-state index is -4.55. The predicted molar refractivity (Wildman–Crippen MR) is 76.3 cm³/mol. The molecule has 2 fully saturated rings. The van der Waals surface area contributed by atoms with Crippen LogP contribution in [-0.4, -0.2) is 65.3 Å². The first-order chi connectivity index (χ1) is 10.3. The van der Waals surface area contributed by atoms with E-state index < -0.39 is 18.2 Å². The molecule has 128 valence electrons. The summed E-state index contributed by atoms with van der Waals surface area (Å²) in [6, 6.07) is 0.255. The van der Waals surface area contributed by atoms with E-state index in [1.54, 1.807) is 0 Å². The molecule has 0 saturated carbocycles. The van der Waals surface area contributed by atoms with Crippen molar-refractivity contribution in [1.82, 2.24) is 9.80 Å². The van der Waals surface area contributed by atoms with Crippen molar-refractivity contribution in [3.63, 3.8) is 0 Å². The lowest BCUT2D eigenvalue weighted by Crippen LogP contribution is -2.49. The third-order valence-corrected chi connectivity index (χ3v) is 4.90. The average molecular weight is 322 g/mol. The Morgan fingerprint density at radius 1 is 1.18 bits per heavy atom. The van der Waals surface area contributed by atoms with E-state index in [0.29, 0.717) is 13.1 Å². The van der Waals surface area contributed by atoms with Crippen LogP contribution in [-0.2, 0) is 4.79 Å². The summed E-state index contributed by atoms with van der Waals surface area (Å²) in [6.07, 6.45) is -3.04.